The number of rotatable bonds is 8. The Morgan fingerprint density at radius 1 is 1.05 bits per heavy atom. The number of ether oxygens (including phenoxy) is 1. The summed E-state index contributed by atoms with van der Waals surface area (Å²) in [6, 6.07) is 20.7. The first-order valence-electron chi connectivity index (χ1n) is 12.9. The number of nitrogens with one attached hydrogen (secondary N) is 2. The molecule has 39 heavy (non-hydrogen) atoms. The summed E-state index contributed by atoms with van der Waals surface area (Å²) in [6.07, 6.45) is 0. The Bertz CT molecular complexity index is 1520. The van der Waals surface area contributed by atoms with Crippen molar-refractivity contribution in [3.8, 4) is 17.1 Å². The second-order valence-corrected chi connectivity index (χ2v) is 9.16. The lowest BCUT2D eigenvalue weighted by molar-refractivity contribution is -0.113. The zero-order valence-electron chi connectivity index (χ0n) is 22.4. The van der Waals surface area contributed by atoms with Gasteiger partial charge in [-0.05, 0) is 63.2 Å². The molecule has 3 aromatic carbocycles. The van der Waals surface area contributed by atoms with Crippen LogP contribution in [0.1, 0.15) is 32.4 Å². The molecular weight excluding hydrogens is 495 g/mol. The van der Waals surface area contributed by atoms with Crippen LogP contribution in [0.5, 0.6) is 5.75 Å². The first-order valence-corrected chi connectivity index (χ1v) is 12.9. The molecule has 5 rings (SSSR count). The third-order valence-corrected chi connectivity index (χ3v) is 6.91. The third-order valence-electron chi connectivity index (χ3n) is 6.91. The minimum atomic E-state index is -0.839. The van der Waals surface area contributed by atoms with Gasteiger partial charge in [-0.15, -0.1) is 5.10 Å². The lowest BCUT2D eigenvalue weighted by Gasteiger charge is -2.29. The molecule has 8 nitrogen and oxygen atoms in total. The van der Waals surface area contributed by atoms with Crippen molar-refractivity contribution >= 4 is 23.2 Å². The van der Waals surface area contributed by atoms with E-state index in [9.17, 15) is 4.79 Å². The van der Waals surface area contributed by atoms with E-state index in [4.69, 9.17) is 14.8 Å². The molecule has 0 saturated carbocycles. The Hall–Kier alpha value is -4.66. The summed E-state index contributed by atoms with van der Waals surface area (Å²) >= 11 is 0. The van der Waals surface area contributed by atoms with Crippen LogP contribution in [0.2, 0.25) is 0 Å². The normalized spacial score (nSPS) is 14.4. The second kappa shape index (κ2) is 11.0. The van der Waals surface area contributed by atoms with Crippen LogP contribution in [-0.4, -0.2) is 40.9 Å². The van der Waals surface area contributed by atoms with E-state index >= 15 is 4.39 Å². The van der Waals surface area contributed by atoms with Crippen LogP contribution in [0, 0.1) is 5.82 Å². The Labute approximate surface area is 227 Å². The molecule has 1 atom stereocenters. The smallest absolute Gasteiger partial charge is 0.255 e. The zero-order valence-corrected chi connectivity index (χ0v) is 22.4. The van der Waals surface area contributed by atoms with Gasteiger partial charge in [-0.3, -0.25) is 4.79 Å². The van der Waals surface area contributed by atoms with E-state index in [2.05, 4.69) is 29.4 Å². The maximum absolute atomic E-state index is 15.2. The molecular formula is C30H31FN6O2. The molecule has 0 saturated heterocycles. The van der Waals surface area contributed by atoms with Gasteiger partial charge >= 0.3 is 0 Å². The lowest BCUT2D eigenvalue weighted by atomic mass is 9.94. The van der Waals surface area contributed by atoms with E-state index in [0.29, 0.717) is 40.0 Å². The molecule has 1 aliphatic rings. The van der Waals surface area contributed by atoms with Gasteiger partial charge in [0.25, 0.3) is 5.91 Å². The van der Waals surface area contributed by atoms with Crippen molar-refractivity contribution in [2.24, 2.45) is 0 Å². The van der Waals surface area contributed by atoms with Gasteiger partial charge in [0.2, 0.25) is 5.95 Å². The molecule has 1 amide bonds. The Balaban J connectivity index is 1.56. The van der Waals surface area contributed by atoms with Crippen molar-refractivity contribution in [1.82, 2.24) is 14.8 Å². The van der Waals surface area contributed by atoms with Crippen molar-refractivity contribution in [2.45, 2.75) is 26.8 Å². The highest BCUT2D eigenvalue weighted by Crippen LogP contribution is 2.38. The number of anilines is 3. The summed E-state index contributed by atoms with van der Waals surface area (Å²) in [7, 11) is 1.54. The molecule has 2 heterocycles. The molecule has 1 aliphatic heterocycles. The van der Waals surface area contributed by atoms with Gasteiger partial charge in [-0.1, -0.05) is 30.3 Å². The number of aromatic nitrogens is 3. The Morgan fingerprint density at radius 3 is 2.44 bits per heavy atom. The fourth-order valence-electron chi connectivity index (χ4n) is 4.90. The predicted octanol–water partition coefficient (Wildman–Crippen LogP) is 5.87. The van der Waals surface area contributed by atoms with Crippen LogP contribution in [-0.2, 0) is 4.79 Å². The summed E-state index contributed by atoms with van der Waals surface area (Å²) in [5, 5.41) is 10.9. The van der Waals surface area contributed by atoms with Crippen LogP contribution in [0.25, 0.3) is 11.4 Å². The van der Waals surface area contributed by atoms with Gasteiger partial charge in [0.05, 0.1) is 18.4 Å². The highest BCUT2D eigenvalue weighted by molar-refractivity contribution is 6.06. The fourth-order valence-corrected chi connectivity index (χ4v) is 4.90. The minimum Gasteiger partial charge on any atom is -0.495 e. The molecule has 1 aromatic heterocycles. The highest BCUT2D eigenvalue weighted by Gasteiger charge is 2.36. The number of carbonyl (C=O) groups is 1. The summed E-state index contributed by atoms with van der Waals surface area (Å²) in [6.45, 7) is 7.83. The number of fused-ring (bicyclic) bond motifs is 1. The van der Waals surface area contributed by atoms with Crippen molar-refractivity contribution in [3.05, 3.63) is 95.4 Å². The van der Waals surface area contributed by atoms with Crippen molar-refractivity contribution < 1.29 is 13.9 Å². The van der Waals surface area contributed by atoms with Crippen LogP contribution in [0.3, 0.4) is 0 Å². The first kappa shape index (κ1) is 26.0. The monoisotopic (exact) mass is 526 g/mol. The number of para-hydroxylation sites is 2. The van der Waals surface area contributed by atoms with Crippen molar-refractivity contribution in [2.75, 3.05) is 35.7 Å². The minimum absolute atomic E-state index is 0.318. The molecule has 1 unspecified atom stereocenters. The molecule has 0 bridgehead atoms. The molecule has 0 spiro atoms. The third kappa shape index (κ3) is 4.95. The standard InChI is InChI=1S/C30H31FN6O2/c1-5-36(6-2)21-17-15-20(16-18-21)28-34-30-32-19(3)26(29(38)33-24-13-9-10-14-25(24)39-4)27(37(30)35-28)22-11-7-8-12-23(22)31/h7-18,27H,5-6H2,1-4H3,(H,33,38)(H,32,34,35). The Kier molecular flexibility index (Phi) is 7.31. The number of halogens is 1. The molecule has 0 aliphatic carbocycles. The number of hydrogen-bond acceptors (Lipinski definition) is 6. The molecule has 2 N–H and O–H groups in total. The van der Waals surface area contributed by atoms with Crippen LogP contribution in [0.15, 0.2) is 84.1 Å². The van der Waals surface area contributed by atoms with Crippen molar-refractivity contribution in [1.29, 1.82) is 0 Å². The molecule has 0 radical (unpaired) electrons. The number of benzene rings is 3. The summed E-state index contributed by atoms with van der Waals surface area (Å²) in [4.78, 5) is 20.7. The van der Waals surface area contributed by atoms with Crippen LogP contribution < -0.4 is 20.3 Å². The number of amides is 1. The lowest BCUT2D eigenvalue weighted by Crippen LogP contribution is -2.32. The zero-order chi connectivity index (χ0) is 27.5. The van der Waals surface area contributed by atoms with E-state index in [1.807, 2.05) is 30.3 Å². The predicted molar refractivity (Wildman–Crippen MR) is 152 cm³/mol. The van der Waals surface area contributed by atoms with Gasteiger partial charge in [0.1, 0.15) is 17.6 Å². The fraction of sp³-hybridized carbons (Fsp3) is 0.233. The topological polar surface area (TPSA) is 84.3 Å². The SMILES string of the molecule is CCN(CC)c1ccc(-c2nc3n(n2)C(c2ccccc2F)C(C(=O)Nc2ccccc2OC)=C(C)N3)cc1. The molecule has 0 fully saturated rings. The van der Waals surface area contributed by atoms with E-state index in [-0.39, 0.29) is 0 Å². The number of allylic oxidation sites excluding steroid dienone is 1. The summed E-state index contributed by atoms with van der Waals surface area (Å²) in [5.41, 5.74) is 3.64. The first-order chi connectivity index (χ1) is 18.9. The van der Waals surface area contributed by atoms with Crippen LogP contribution >= 0.6 is 0 Å². The van der Waals surface area contributed by atoms with Gasteiger partial charge in [-0.2, -0.15) is 4.98 Å². The largest absolute Gasteiger partial charge is 0.495 e. The van der Waals surface area contributed by atoms with Crippen molar-refractivity contribution in [3.63, 3.8) is 0 Å². The van der Waals surface area contributed by atoms with E-state index < -0.39 is 17.8 Å². The maximum Gasteiger partial charge on any atom is 0.255 e. The average molecular weight is 527 g/mol. The number of hydrogen-bond donors (Lipinski definition) is 2. The number of nitrogens with zero attached hydrogens (tertiary/aromatic N) is 4. The molecule has 9 heteroatoms. The van der Waals surface area contributed by atoms with Gasteiger partial charge in [-0.25, -0.2) is 9.07 Å². The summed E-state index contributed by atoms with van der Waals surface area (Å²) < 4.78 is 22.2. The van der Waals surface area contributed by atoms with E-state index in [1.54, 1.807) is 48.0 Å². The maximum atomic E-state index is 15.2. The number of carbonyl (C=O) groups excluding carboxylic acids is 1. The van der Waals surface area contributed by atoms with Gasteiger partial charge in [0.15, 0.2) is 5.82 Å². The quantitative estimate of drug-likeness (QED) is 0.299. The molecule has 200 valence electrons. The summed E-state index contributed by atoms with van der Waals surface area (Å²) in [5.74, 6) is 0.587. The Morgan fingerprint density at radius 2 is 1.74 bits per heavy atom. The second-order valence-electron chi connectivity index (χ2n) is 9.16. The van der Waals surface area contributed by atoms with Gasteiger partial charge < -0.3 is 20.3 Å². The molecule has 4 aromatic rings. The van der Waals surface area contributed by atoms with E-state index in [0.717, 1.165) is 24.3 Å². The van der Waals surface area contributed by atoms with Crippen LogP contribution in [0.4, 0.5) is 21.7 Å². The van der Waals surface area contributed by atoms with Gasteiger partial charge in [0, 0.05) is 35.6 Å². The highest BCUT2D eigenvalue weighted by atomic mass is 19.1. The number of methoxy groups -OCH3 is 1. The average Bonchev–Trinajstić information content (AvgIpc) is 3.37. The van der Waals surface area contributed by atoms with E-state index in [1.165, 1.54) is 13.2 Å².